The van der Waals surface area contributed by atoms with E-state index >= 15 is 0 Å². The summed E-state index contributed by atoms with van der Waals surface area (Å²) in [4.78, 5) is 25.5. The molecule has 0 radical (unpaired) electrons. The molecular formula is C38H46N2O4. The van der Waals surface area contributed by atoms with Crippen LogP contribution in [0.3, 0.4) is 0 Å². The van der Waals surface area contributed by atoms with Gasteiger partial charge in [-0.3, -0.25) is 4.79 Å². The molecule has 1 aromatic heterocycles. The average Bonchev–Trinajstić information content (AvgIpc) is 3.25. The fourth-order valence-electron chi connectivity index (χ4n) is 6.15. The van der Waals surface area contributed by atoms with Crippen LogP contribution in [0.15, 0.2) is 66.7 Å². The van der Waals surface area contributed by atoms with E-state index < -0.39 is 11.6 Å². The lowest BCUT2D eigenvalue weighted by molar-refractivity contribution is -0.156. The molecule has 5 rings (SSSR count). The van der Waals surface area contributed by atoms with Crippen molar-refractivity contribution < 1.29 is 19.1 Å². The highest BCUT2D eigenvalue weighted by molar-refractivity contribution is 5.99. The number of carbonyl (C=O) groups is 2. The molecule has 0 aliphatic heterocycles. The highest BCUT2D eigenvalue weighted by Gasteiger charge is 2.31. The zero-order valence-corrected chi connectivity index (χ0v) is 26.9. The average molecular weight is 595 g/mol. The SMILES string of the molecule is CCCCc1cccc(CNC(=O)c2ccc3c(Cc4cccc(OC(C)(C)C(=O)OC)c4)c(C)n(CC4CCC4)c3c2)c1. The van der Waals surface area contributed by atoms with Gasteiger partial charge in [-0.1, -0.05) is 62.2 Å². The van der Waals surface area contributed by atoms with Crippen molar-refractivity contribution in [3.05, 3.63) is 100 Å². The Labute approximate surface area is 261 Å². The number of esters is 1. The third-order valence-electron chi connectivity index (χ3n) is 8.98. The van der Waals surface area contributed by atoms with Crippen LogP contribution in [0.2, 0.25) is 0 Å². The molecule has 0 saturated heterocycles. The van der Waals surface area contributed by atoms with E-state index in [1.54, 1.807) is 13.8 Å². The van der Waals surface area contributed by atoms with E-state index in [0.717, 1.165) is 36.0 Å². The number of carbonyl (C=O) groups excluding carboxylic acids is 2. The second kappa shape index (κ2) is 13.7. The van der Waals surface area contributed by atoms with Gasteiger partial charge in [-0.25, -0.2) is 4.79 Å². The Morgan fingerprint density at radius 2 is 1.73 bits per heavy atom. The Morgan fingerprint density at radius 3 is 2.45 bits per heavy atom. The van der Waals surface area contributed by atoms with Gasteiger partial charge in [0.25, 0.3) is 5.91 Å². The van der Waals surface area contributed by atoms with Gasteiger partial charge in [-0.15, -0.1) is 0 Å². The van der Waals surface area contributed by atoms with Crippen molar-refractivity contribution in [1.82, 2.24) is 9.88 Å². The minimum atomic E-state index is -1.09. The molecule has 0 bridgehead atoms. The lowest BCUT2D eigenvalue weighted by Gasteiger charge is -2.27. The number of ether oxygens (including phenoxy) is 2. The molecule has 6 nitrogen and oxygen atoms in total. The highest BCUT2D eigenvalue weighted by Crippen LogP contribution is 2.34. The second-order valence-electron chi connectivity index (χ2n) is 12.7. The molecule has 1 aliphatic carbocycles. The number of unbranched alkanes of at least 4 members (excludes halogenated alkanes) is 1. The van der Waals surface area contributed by atoms with Crippen LogP contribution in [0.4, 0.5) is 0 Å². The molecule has 0 atom stereocenters. The first-order valence-electron chi connectivity index (χ1n) is 16.0. The van der Waals surface area contributed by atoms with Crippen LogP contribution in [-0.2, 0) is 35.5 Å². The molecule has 0 unspecified atom stereocenters. The van der Waals surface area contributed by atoms with E-state index in [1.165, 1.54) is 61.4 Å². The van der Waals surface area contributed by atoms with E-state index in [4.69, 9.17) is 9.47 Å². The first-order chi connectivity index (χ1) is 21.2. The number of fused-ring (bicyclic) bond motifs is 1. The number of nitrogens with one attached hydrogen (secondary N) is 1. The molecule has 1 heterocycles. The summed E-state index contributed by atoms with van der Waals surface area (Å²) in [5.41, 5.74) is 6.72. The van der Waals surface area contributed by atoms with Crippen molar-refractivity contribution in [3.63, 3.8) is 0 Å². The predicted octanol–water partition coefficient (Wildman–Crippen LogP) is 7.94. The molecule has 44 heavy (non-hydrogen) atoms. The number of aromatic nitrogens is 1. The van der Waals surface area contributed by atoms with Gasteiger partial charge in [0.1, 0.15) is 5.75 Å². The zero-order chi connectivity index (χ0) is 31.3. The fraction of sp³-hybridized carbons (Fsp3) is 0.421. The van der Waals surface area contributed by atoms with Crippen molar-refractivity contribution in [3.8, 4) is 5.75 Å². The standard InChI is InChI=1S/C38H46N2O4/c1-6-7-11-27-12-8-16-30(20-27)24-39-36(41)31-18-19-33-34(26(2)40(35(33)23-31)25-28-13-9-14-28)22-29-15-10-17-32(21-29)44-38(3,4)37(42)43-5/h8,10,12,15-21,23,28H,6-7,9,11,13-14,22,24-25H2,1-5H3,(H,39,41). The quantitative estimate of drug-likeness (QED) is 0.160. The maximum Gasteiger partial charge on any atom is 0.349 e. The molecule has 1 aliphatic rings. The van der Waals surface area contributed by atoms with Gasteiger partial charge in [0.05, 0.1) is 7.11 Å². The number of nitrogens with zero attached hydrogens (tertiary/aromatic N) is 1. The summed E-state index contributed by atoms with van der Waals surface area (Å²) in [5, 5.41) is 4.32. The summed E-state index contributed by atoms with van der Waals surface area (Å²) in [6, 6.07) is 22.6. The topological polar surface area (TPSA) is 69.6 Å². The van der Waals surface area contributed by atoms with Crippen molar-refractivity contribution in [2.45, 2.75) is 91.3 Å². The van der Waals surface area contributed by atoms with E-state index in [9.17, 15) is 9.59 Å². The number of aryl methyl sites for hydroxylation is 1. The number of hydrogen-bond donors (Lipinski definition) is 1. The Bertz CT molecular complexity index is 1630. The van der Waals surface area contributed by atoms with Crippen molar-refractivity contribution >= 4 is 22.8 Å². The van der Waals surface area contributed by atoms with Crippen LogP contribution in [0.1, 0.15) is 91.2 Å². The molecule has 1 saturated carbocycles. The van der Waals surface area contributed by atoms with Gasteiger partial charge >= 0.3 is 5.97 Å². The number of rotatable bonds is 13. The van der Waals surface area contributed by atoms with Gasteiger partial charge in [0.15, 0.2) is 5.60 Å². The lowest BCUT2D eigenvalue weighted by atomic mass is 9.85. The van der Waals surface area contributed by atoms with Crippen LogP contribution in [0.25, 0.3) is 10.9 Å². The fourth-order valence-corrected chi connectivity index (χ4v) is 6.15. The van der Waals surface area contributed by atoms with E-state index in [1.807, 2.05) is 24.3 Å². The lowest BCUT2D eigenvalue weighted by Crippen LogP contribution is -2.39. The molecular weight excluding hydrogens is 548 g/mol. The Kier molecular flexibility index (Phi) is 9.77. The molecule has 4 aromatic rings. The van der Waals surface area contributed by atoms with Gasteiger partial charge in [0.2, 0.25) is 0 Å². The number of amides is 1. The Balaban J connectivity index is 1.39. The van der Waals surface area contributed by atoms with Crippen LogP contribution >= 0.6 is 0 Å². The smallest absolute Gasteiger partial charge is 0.349 e. The van der Waals surface area contributed by atoms with Gasteiger partial charge in [0, 0.05) is 35.2 Å². The number of methoxy groups -OCH3 is 1. The summed E-state index contributed by atoms with van der Waals surface area (Å²) in [6.45, 7) is 9.30. The van der Waals surface area contributed by atoms with Crippen molar-refractivity contribution in [1.29, 1.82) is 0 Å². The highest BCUT2D eigenvalue weighted by atomic mass is 16.6. The van der Waals surface area contributed by atoms with Crippen LogP contribution < -0.4 is 10.1 Å². The molecule has 6 heteroatoms. The Morgan fingerprint density at radius 1 is 0.977 bits per heavy atom. The third-order valence-corrected chi connectivity index (χ3v) is 8.98. The summed E-state index contributed by atoms with van der Waals surface area (Å²) < 4.78 is 13.4. The molecule has 0 spiro atoms. The summed E-state index contributed by atoms with van der Waals surface area (Å²) >= 11 is 0. The van der Waals surface area contributed by atoms with E-state index in [0.29, 0.717) is 23.8 Å². The minimum Gasteiger partial charge on any atom is -0.476 e. The monoisotopic (exact) mass is 594 g/mol. The van der Waals surface area contributed by atoms with Gasteiger partial charge in [-0.2, -0.15) is 0 Å². The second-order valence-corrected chi connectivity index (χ2v) is 12.7. The Hall–Kier alpha value is -4.06. The van der Waals surface area contributed by atoms with Crippen LogP contribution in [-0.4, -0.2) is 29.2 Å². The molecule has 232 valence electrons. The van der Waals surface area contributed by atoms with Crippen molar-refractivity contribution in [2.75, 3.05) is 7.11 Å². The summed E-state index contributed by atoms with van der Waals surface area (Å²) in [7, 11) is 1.37. The maximum atomic E-state index is 13.4. The predicted molar refractivity (Wildman–Crippen MR) is 176 cm³/mol. The van der Waals surface area contributed by atoms with E-state index in [2.05, 4.69) is 66.2 Å². The molecule has 1 amide bonds. The van der Waals surface area contributed by atoms with Gasteiger partial charge in [-0.05, 0) is 105 Å². The van der Waals surface area contributed by atoms with Crippen LogP contribution in [0, 0.1) is 12.8 Å². The summed E-state index contributed by atoms with van der Waals surface area (Å²) in [5.74, 6) is 0.827. The normalized spacial score (nSPS) is 13.5. The first kappa shape index (κ1) is 31.4. The minimum absolute atomic E-state index is 0.0560. The van der Waals surface area contributed by atoms with Crippen molar-refractivity contribution in [2.24, 2.45) is 5.92 Å². The number of benzene rings is 3. The largest absolute Gasteiger partial charge is 0.476 e. The third kappa shape index (κ3) is 7.18. The molecule has 1 N–H and O–H groups in total. The first-order valence-corrected chi connectivity index (χ1v) is 16.0. The molecule has 1 fully saturated rings. The van der Waals surface area contributed by atoms with Crippen LogP contribution in [0.5, 0.6) is 5.75 Å². The maximum absolute atomic E-state index is 13.4. The van der Waals surface area contributed by atoms with Gasteiger partial charge < -0.3 is 19.4 Å². The number of hydrogen-bond acceptors (Lipinski definition) is 4. The summed E-state index contributed by atoms with van der Waals surface area (Å²) in [6.07, 6.45) is 7.92. The molecule has 3 aromatic carbocycles. The van der Waals surface area contributed by atoms with E-state index in [-0.39, 0.29) is 5.91 Å². The zero-order valence-electron chi connectivity index (χ0n) is 26.9.